The van der Waals surface area contributed by atoms with Crippen LogP contribution in [0.25, 0.3) is 0 Å². The van der Waals surface area contributed by atoms with Crippen molar-refractivity contribution < 1.29 is 33.5 Å². The molecule has 5 rings (SSSR count). The minimum atomic E-state index is -1.19. The molecule has 3 saturated carbocycles. The predicted octanol–water partition coefficient (Wildman–Crippen LogP) is 4.13. The highest BCUT2D eigenvalue weighted by Gasteiger charge is 2.62. The Bertz CT molecular complexity index is 1140. The standard InChI is InChI=1S/C33H52N4O8/c1-6-21-18-33(21,30(39)43-7-2)35-29(38)27-16-23(19-36(27)31(40)45-32(3,4)5)44-28-17-26(20-11-9-8-10-12-20)34-25-14-13-22(37(41)42)15-24(25)28/h6,20-28,34H,1,7-19H2,2-5H3,(H,35,38)/t21-,22?,23?,24?,25?,26?,27-,28?,33+/m0/s1. The summed E-state index contributed by atoms with van der Waals surface area (Å²) in [6.07, 6.45) is 9.48. The summed E-state index contributed by atoms with van der Waals surface area (Å²) in [5.41, 5.74) is -1.97. The number of nitro groups is 1. The van der Waals surface area contributed by atoms with Crippen LogP contribution in [0.3, 0.4) is 0 Å². The van der Waals surface area contributed by atoms with Crippen LogP contribution >= 0.6 is 0 Å². The van der Waals surface area contributed by atoms with Gasteiger partial charge in [-0.2, -0.15) is 0 Å². The van der Waals surface area contributed by atoms with Gasteiger partial charge in [0.05, 0.1) is 25.4 Å². The normalized spacial score (nSPS) is 36.8. The Kier molecular flexibility index (Phi) is 10.1. The van der Waals surface area contributed by atoms with Crippen LogP contribution in [0, 0.1) is 27.9 Å². The summed E-state index contributed by atoms with van der Waals surface area (Å²) in [4.78, 5) is 53.2. The topological polar surface area (TPSA) is 149 Å². The summed E-state index contributed by atoms with van der Waals surface area (Å²) >= 11 is 0. The second-order valence-corrected chi connectivity index (χ2v) is 14.8. The van der Waals surface area contributed by atoms with E-state index in [1.54, 1.807) is 33.8 Å². The third-order valence-corrected chi connectivity index (χ3v) is 10.6. The minimum absolute atomic E-state index is 0.0243. The molecular weight excluding hydrogens is 580 g/mol. The van der Waals surface area contributed by atoms with Gasteiger partial charge in [0.15, 0.2) is 0 Å². The lowest BCUT2D eigenvalue weighted by Crippen LogP contribution is -2.60. The molecule has 2 amide bonds. The number of piperidine rings is 1. The highest BCUT2D eigenvalue weighted by Crippen LogP contribution is 2.46. The molecule has 2 heterocycles. The average molecular weight is 633 g/mol. The van der Waals surface area contributed by atoms with Crippen molar-refractivity contribution >= 4 is 18.0 Å². The van der Waals surface area contributed by atoms with Gasteiger partial charge in [-0.1, -0.05) is 25.3 Å². The van der Waals surface area contributed by atoms with Gasteiger partial charge in [0.1, 0.15) is 17.2 Å². The number of carbonyl (C=O) groups excluding carboxylic acids is 3. The Morgan fingerprint density at radius 3 is 2.44 bits per heavy atom. The zero-order valence-electron chi connectivity index (χ0n) is 27.3. The van der Waals surface area contributed by atoms with E-state index in [-0.39, 0.29) is 54.5 Å². The van der Waals surface area contributed by atoms with Crippen LogP contribution < -0.4 is 10.6 Å². The number of esters is 1. The van der Waals surface area contributed by atoms with Gasteiger partial charge in [-0.15, -0.1) is 6.58 Å². The summed E-state index contributed by atoms with van der Waals surface area (Å²) in [6, 6.07) is -1.08. The van der Waals surface area contributed by atoms with Crippen molar-refractivity contribution in [2.75, 3.05) is 13.2 Å². The van der Waals surface area contributed by atoms with Crippen molar-refractivity contribution in [1.82, 2.24) is 15.5 Å². The van der Waals surface area contributed by atoms with Crippen molar-refractivity contribution in [3.05, 3.63) is 22.8 Å². The van der Waals surface area contributed by atoms with Crippen LogP contribution in [0.5, 0.6) is 0 Å². The number of amides is 2. The molecule has 12 nitrogen and oxygen atoms in total. The van der Waals surface area contributed by atoms with E-state index < -0.39 is 47.3 Å². The zero-order valence-corrected chi connectivity index (χ0v) is 27.3. The molecule has 2 saturated heterocycles. The number of hydrogen-bond acceptors (Lipinski definition) is 9. The highest BCUT2D eigenvalue weighted by atomic mass is 16.6. The lowest BCUT2D eigenvalue weighted by molar-refractivity contribution is -0.529. The maximum Gasteiger partial charge on any atom is 0.411 e. The molecule has 9 atom stereocenters. The molecule has 0 aromatic rings. The van der Waals surface area contributed by atoms with Crippen LogP contribution in [-0.2, 0) is 23.8 Å². The maximum absolute atomic E-state index is 13.9. The van der Waals surface area contributed by atoms with Crippen LogP contribution in [0.2, 0.25) is 0 Å². The third-order valence-electron chi connectivity index (χ3n) is 10.6. The van der Waals surface area contributed by atoms with E-state index in [1.165, 1.54) is 37.0 Å². The van der Waals surface area contributed by atoms with E-state index in [1.807, 2.05) is 0 Å². The summed E-state index contributed by atoms with van der Waals surface area (Å²) in [6.45, 7) is 11.2. The number of rotatable bonds is 9. The first-order valence-electron chi connectivity index (χ1n) is 17.0. The first kappa shape index (κ1) is 33.6. The molecule has 0 aromatic carbocycles. The van der Waals surface area contributed by atoms with Gasteiger partial charge in [0.2, 0.25) is 11.9 Å². The van der Waals surface area contributed by atoms with E-state index in [9.17, 15) is 24.5 Å². The fourth-order valence-electron chi connectivity index (χ4n) is 8.26. The van der Waals surface area contributed by atoms with Crippen molar-refractivity contribution in [3.63, 3.8) is 0 Å². The van der Waals surface area contributed by atoms with Gasteiger partial charge in [0, 0.05) is 48.1 Å². The Hall–Kier alpha value is -2.73. The summed E-state index contributed by atoms with van der Waals surface area (Å²) in [5, 5.41) is 18.6. The van der Waals surface area contributed by atoms with Gasteiger partial charge in [0.25, 0.3) is 0 Å². The second kappa shape index (κ2) is 13.6. The number of nitrogens with one attached hydrogen (secondary N) is 2. The summed E-state index contributed by atoms with van der Waals surface area (Å²) in [5.74, 6) is -0.699. The predicted molar refractivity (Wildman–Crippen MR) is 166 cm³/mol. The smallest absolute Gasteiger partial charge is 0.411 e. The highest BCUT2D eigenvalue weighted by molar-refractivity contribution is 5.95. The molecule has 0 spiro atoms. The Morgan fingerprint density at radius 1 is 1.09 bits per heavy atom. The number of fused-ring (bicyclic) bond motifs is 1. The molecule has 252 valence electrons. The van der Waals surface area contributed by atoms with Gasteiger partial charge < -0.3 is 24.8 Å². The zero-order chi connectivity index (χ0) is 32.5. The Labute approximate surface area is 266 Å². The van der Waals surface area contributed by atoms with E-state index in [4.69, 9.17) is 14.2 Å². The molecule has 6 unspecified atom stereocenters. The molecule has 12 heteroatoms. The van der Waals surface area contributed by atoms with Crippen molar-refractivity contribution in [2.45, 2.75) is 146 Å². The fourth-order valence-corrected chi connectivity index (χ4v) is 8.26. The SMILES string of the molecule is C=C[C@H]1C[C@]1(NC(=O)[C@@H]1CC(OC2CC(C3CCCCC3)NC3CCC([N+](=O)[O-])CC32)CN1C(=O)OC(C)(C)C)C(=O)OCC. The lowest BCUT2D eigenvalue weighted by atomic mass is 9.70. The number of nitrogens with zero attached hydrogens (tertiary/aromatic N) is 2. The molecule has 0 radical (unpaired) electrons. The minimum Gasteiger partial charge on any atom is -0.464 e. The lowest BCUT2D eigenvalue weighted by Gasteiger charge is -2.48. The van der Waals surface area contributed by atoms with Crippen molar-refractivity contribution in [3.8, 4) is 0 Å². The van der Waals surface area contributed by atoms with Crippen molar-refractivity contribution in [2.24, 2.45) is 17.8 Å². The first-order valence-corrected chi connectivity index (χ1v) is 17.0. The van der Waals surface area contributed by atoms with E-state index in [2.05, 4.69) is 17.2 Å². The molecule has 5 fully saturated rings. The molecule has 45 heavy (non-hydrogen) atoms. The molecule has 2 aliphatic heterocycles. The Morgan fingerprint density at radius 2 is 1.82 bits per heavy atom. The number of likely N-dealkylation sites (tertiary alicyclic amines) is 1. The van der Waals surface area contributed by atoms with Crippen LogP contribution in [0.15, 0.2) is 12.7 Å². The molecular formula is C33H52N4O8. The van der Waals surface area contributed by atoms with Crippen LogP contribution in [0.1, 0.15) is 98.3 Å². The van der Waals surface area contributed by atoms with Gasteiger partial charge in [-0.05, 0) is 65.7 Å². The first-order chi connectivity index (χ1) is 21.3. The van der Waals surface area contributed by atoms with E-state index >= 15 is 0 Å². The number of ether oxygens (including phenoxy) is 3. The fraction of sp³-hybridized carbons (Fsp3) is 0.848. The van der Waals surface area contributed by atoms with E-state index in [0.29, 0.717) is 25.2 Å². The number of hydrogen-bond donors (Lipinski definition) is 2. The average Bonchev–Trinajstić information content (AvgIpc) is 3.55. The maximum atomic E-state index is 13.9. The van der Waals surface area contributed by atoms with Gasteiger partial charge in [-0.25, -0.2) is 9.59 Å². The monoisotopic (exact) mass is 632 g/mol. The van der Waals surface area contributed by atoms with Crippen molar-refractivity contribution in [1.29, 1.82) is 0 Å². The summed E-state index contributed by atoms with van der Waals surface area (Å²) in [7, 11) is 0. The molecule has 0 aromatic heterocycles. The quantitative estimate of drug-likeness (QED) is 0.166. The second-order valence-electron chi connectivity index (χ2n) is 14.8. The van der Waals surface area contributed by atoms with Crippen LogP contribution in [0.4, 0.5) is 4.79 Å². The molecule has 3 aliphatic carbocycles. The molecule has 0 bridgehead atoms. The summed E-state index contributed by atoms with van der Waals surface area (Å²) < 4.78 is 17.8. The largest absolute Gasteiger partial charge is 0.464 e. The molecule has 5 aliphatic rings. The molecule has 2 N–H and O–H groups in total. The van der Waals surface area contributed by atoms with Gasteiger partial charge >= 0.3 is 12.1 Å². The van der Waals surface area contributed by atoms with Gasteiger partial charge in [-0.3, -0.25) is 19.8 Å². The van der Waals surface area contributed by atoms with Crippen LogP contribution in [-0.4, -0.2) is 88.5 Å². The third kappa shape index (κ3) is 7.48. The van der Waals surface area contributed by atoms with E-state index in [0.717, 1.165) is 12.8 Å². The number of carbonyl (C=O) groups is 3. The Balaban J connectivity index is 1.35.